The average molecular weight is 518 g/mol. The van der Waals surface area contributed by atoms with Gasteiger partial charge in [-0.2, -0.15) is 4.98 Å². The third kappa shape index (κ3) is 4.31. The summed E-state index contributed by atoms with van der Waals surface area (Å²) in [5.74, 6) is 0.267. The number of aromatic nitrogens is 2. The number of rotatable bonds is 4. The maximum atomic E-state index is 13.1. The monoisotopic (exact) mass is 517 g/mol. The van der Waals surface area contributed by atoms with Gasteiger partial charge in [-0.05, 0) is 60.6 Å². The number of nitrogens with zero attached hydrogens (tertiary/aromatic N) is 3. The number of fused-ring (bicyclic) bond motifs is 2. The Bertz CT molecular complexity index is 1260. The first-order valence-corrected chi connectivity index (χ1v) is 14.5. The molecule has 0 radical (unpaired) electrons. The van der Waals surface area contributed by atoms with E-state index in [2.05, 4.69) is 51.5 Å². The summed E-state index contributed by atoms with van der Waals surface area (Å²) >= 11 is 12.6. The van der Waals surface area contributed by atoms with Crippen LogP contribution in [0.2, 0.25) is 10.0 Å². The lowest BCUT2D eigenvalue weighted by Gasteiger charge is -2.40. The second-order valence-electron chi connectivity index (χ2n) is 9.04. The SMILES string of the molecule is CS(C)(C)C1NCCc2cc(Nc3ncc4c(n3)OCN(c3c(Cl)cccc3Cl)C4=O)ccc21. The van der Waals surface area contributed by atoms with Gasteiger partial charge in [0.1, 0.15) is 5.56 Å². The first kappa shape index (κ1) is 23.2. The molecule has 178 valence electrons. The fourth-order valence-electron chi connectivity index (χ4n) is 4.29. The highest BCUT2D eigenvalue weighted by molar-refractivity contribution is 8.32. The maximum Gasteiger partial charge on any atom is 0.268 e. The van der Waals surface area contributed by atoms with Gasteiger partial charge in [-0.25, -0.2) is 15.0 Å². The molecule has 2 aliphatic rings. The van der Waals surface area contributed by atoms with E-state index in [4.69, 9.17) is 27.9 Å². The third-order valence-corrected chi connectivity index (χ3v) is 8.32. The number of halogens is 2. The predicted molar refractivity (Wildman–Crippen MR) is 140 cm³/mol. The van der Waals surface area contributed by atoms with Crippen molar-refractivity contribution < 1.29 is 9.53 Å². The second-order valence-corrected chi connectivity index (χ2v) is 14.2. The molecule has 0 saturated carbocycles. The summed E-state index contributed by atoms with van der Waals surface area (Å²) in [5, 5.41) is 8.04. The summed E-state index contributed by atoms with van der Waals surface area (Å²) in [6.45, 7) is 0.913. The van der Waals surface area contributed by atoms with Crippen molar-refractivity contribution in [2.45, 2.75) is 11.8 Å². The Morgan fingerprint density at radius 2 is 1.94 bits per heavy atom. The zero-order valence-electron chi connectivity index (χ0n) is 19.1. The van der Waals surface area contributed by atoms with Crippen molar-refractivity contribution in [2.24, 2.45) is 0 Å². The molecule has 0 aliphatic carbocycles. The van der Waals surface area contributed by atoms with Crippen LogP contribution in [-0.2, 0) is 6.42 Å². The highest BCUT2D eigenvalue weighted by Crippen LogP contribution is 2.51. The molecule has 2 aliphatic heterocycles. The van der Waals surface area contributed by atoms with Gasteiger partial charge in [0.2, 0.25) is 11.8 Å². The van der Waals surface area contributed by atoms with Gasteiger partial charge in [0.05, 0.1) is 21.1 Å². The molecule has 0 bridgehead atoms. The number of carbonyl (C=O) groups is 1. The van der Waals surface area contributed by atoms with Crippen molar-refractivity contribution in [3.8, 4) is 5.88 Å². The molecule has 5 rings (SSSR count). The molecular formula is C24H25Cl2N5O2S. The van der Waals surface area contributed by atoms with Gasteiger partial charge in [0.15, 0.2) is 6.73 Å². The van der Waals surface area contributed by atoms with Gasteiger partial charge in [-0.1, -0.05) is 35.3 Å². The van der Waals surface area contributed by atoms with Crippen molar-refractivity contribution in [3.63, 3.8) is 0 Å². The third-order valence-electron chi connectivity index (χ3n) is 5.88. The van der Waals surface area contributed by atoms with Crippen LogP contribution >= 0.6 is 33.2 Å². The summed E-state index contributed by atoms with van der Waals surface area (Å²) in [7, 11) is -0.782. The smallest absolute Gasteiger partial charge is 0.268 e. The molecule has 34 heavy (non-hydrogen) atoms. The number of hydrogen-bond acceptors (Lipinski definition) is 6. The maximum absolute atomic E-state index is 13.1. The molecule has 2 N–H and O–H groups in total. The van der Waals surface area contributed by atoms with E-state index in [-0.39, 0.29) is 24.1 Å². The molecule has 10 heteroatoms. The van der Waals surface area contributed by atoms with E-state index in [1.807, 2.05) is 6.07 Å². The quantitative estimate of drug-likeness (QED) is 0.484. The lowest BCUT2D eigenvalue weighted by molar-refractivity contribution is 0.0932. The minimum atomic E-state index is -0.782. The van der Waals surface area contributed by atoms with Crippen molar-refractivity contribution >= 4 is 56.5 Å². The van der Waals surface area contributed by atoms with E-state index in [1.165, 1.54) is 22.2 Å². The molecule has 3 heterocycles. The van der Waals surface area contributed by atoms with Crippen molar-refractivity contribution in [2.75, 3.05) is 42.3 Å². The summed E-state index contributed by atoms with van der Waals surface area (Å²) in [6.07, 6.45) is 9.42. The number of benzene rings is 2. The van der Waals surface area contributed by atoms with Crippen LogP contribution in [0.3, 0.4) is 0 Å². The van der Waals surface area contributed by atoms with E-state index in [0.29, 0.717) is 27.1 Å². The van der Waals surface area contributed by atoms with Crippen LogP contribution < -0.4 is 20.3 Å². The molecular weight excluding hydrogens is 493 g/mol. The Balaban J connectivity index is 1.38. The predicted octanol–water partition coefficient (Wildman–Crippen LogP) is 5.36. The molecule has 1 unspecified atom stereocenters. The highest BCUT2D eigenvalue weighted by Gasteiger charge is 2.31. The Morgan fingerprint density at radius 1 is 1.18 bits per heavy atom. The lowest BCUT2D eigenvalue weighted by Crippen LogP contribution is -2.39. The van der Waals surface area contributed by atoms with Crippen molar-refractivity contribution in [1.29, 1.82) is 0 Å². The minimum absolute atomic E-state index is 0.0475. The average Bonchev–Trinajstić information content (AvgIpc) is 2.79. The first-order chi connectivity index (χ1) is 16.2. The zero-order chi connectivity index (χ0) is 24.0. The largest absolute Gasteiger partial charge is 0.455 e. The number of ether oxygens (including phenoxy) is 1. The van der Waals surface area contributed by atoms with Crippen LogP contribution in [0, 0.1) is 0 Å². The number of amides is 1. The van der Waals surface area contributed by atoms with Crippen molar-refractivity contribution in [3.05, 3.63) is 69.3 Å². The van der Waals surface area contributed by atoms with E-state index in [9.17, 15) is 4.79 Å². The summed E-state index contributed by atoms with van der Waals surface area (Å²) in [5.41, 5.74) is 4.24. The number of anilines is 3. The van der Waals surface area contributed by atoms with Crippen molar-refractivity contribution in [1.82, 2.24) is 15.3 Å². The Hall–Kier alpha value is -2.52. The van der Waals surface area contributed by atoms with Gasteiger partial charge < -0.3 is 15.4 Å². The molecule has 0 saturated heterocycles. The lowest BCUT2D eigenvalue weighted by atomic mass is 10.00. The standard InChI is InChI=1S/C24H25Cl2N5O2S/c1-34(2,3)22-16-8-7-15(11-14(16)9-10-27-22)29-24-28-12-17-21(30-24)33-13-31(23(17)32)20-18(25)5-4-6-19(20)26/h4-8,11-12,22,27H,9-10,13H2,1-3H3,(H,28,29,30). The molecule has 3 aromatic rings. The normalized spacial score (nSPS) is 18.1. The zero-order valence-corrected chi connectivity index (χ0v) is 21.4. The van der Waals surface area contributed by atoms with E-state index in [1.54, 1.807) is 18.2 Å². The van der Waals surface area contributed by atoms with Crippen LogP contribution in [-0.4, -0.2) is 47.9 Å². The molecule has 2 aromatic carbocycles. The Labute approximate surface area is 210 Å². The molecule has 0 fully saturated rings. The number of carbonyl (C=O) groups excluding carboxylic acids is 1. The van der Waals surface area contributed by atoms with E-state index >= 15 is 0 Å². The fraction of sp³-hybridized carbons (Fsp3) is 0.292. The van der Waals surface area contributed by atoms with Gasteiger partial charge in [0, 0.05) is 18.4 Å². The van der Waals surface area contributed by atoms with E-state index in [0.717, 1.165) is 18.7 Å². The Morgan fingerprint density at radius 3 is 2.68 bits per heavy atom. The molecule has 0 spiro atoms. The minimum Gasteiger partial charge on any atom is -0.455 e. The fourth-order valence-corrected chi connectivity index (χ4v) is 6.50. The van der Waals surface area contributed by atoms with Gasteiger partial charge in [-0.3, -0.25) is 9.69 Å². The summed E-state index contributed by atoms with van der Waals surface area (Å²) in [4.78, 5) is 23.3. The summed E-state index contributed by atoms with van der Waals surface area (Å²) < 4.78 is 5.78. The van der Waals surface area contributed by atoms with Gasteiger partial charge in [0.25, 0.3) is 5.91 Å². The second kappa shape index (κ2) is 8.92. The number of nitrogens with one attached hydrogen (secondary N) is 2. The number of para-hydroxylation sites is 1. The van der Waals surface area contributed by atoms with Crippen LogP contribution in [0.15, 0.2) is 42.6 Å². The van der Waals surface area contributed by atoms with Crippen LogP contribution in [0.1, 0.15) is 26.9 Å². The molecule has 1 atom stereocenters. The van der Waals surface area contributed by atoms with Crippen LogP contribution in [0.25, 0.3) is 0 Å². The molecule has 1 aromatic heterocycles. The first-order valence-electron chi connectivity index (χ1n) is 10.8. The molecule has 7 nitrogen and oxygen atoms in total. The van der Waals surface area contributed by atoms with E-state index < -0.39 is 10.0 Å². The number of hydrogen-bond donors (Lipinski definition) is 2. The van der Waals surface area contributed by atoms with Gasteiger partial charge in [-0.15, -0.1) is 0 Å². The highest BCUT2D eigenvalue weighted by atomic mass is 35.5. The summed E-state index contributed by atoms with van der Waals surface area (Å²) in [6, 6.07) is 11.4. The van der Waals surface area contributed by atoms with Gasteiger partial charge >= 0.3 is 0 Å². The van der Waals surface area contributed by atoms with Crippen LogP contribution in [0.4, 0.5) is 17.3 Å². The molecule has 1 amide bonds. The Kier molecular flexibility index (Phi) is 6.10. The topological polar surface area (TPSA) is 79.4 Å². The van der Waals surface area contributed by atoms with Crippen LogP contribution in [0.5, 0.6) is 5.88 Å².